The van der Waals surface area contributed by atoms with E-state index in [9.17, 15) is 9.18 Å². The van der Waals surface area contributed by atoms with Gasteiger partial charge in [0, 0.05) is 5.39 Å². The van der Waals surface area contributed by atoms with Gasteiger partial charge in [-0.15, -0.1) is 0 Å². The van der Waals surface area contributed by atoms with Crippen molar-refractivity contribution < 1.29 is 26.9 Å². The van der Waals surface area contributed by atoms with Crippen molar-refractivity contribution in [3.05, 3.63) is 24.7 Å². The highest BCUT2D eigenvalue weighted by atomic mass is 19.1. The minimum Gasteiger partial charge on any atom is -0.480 e. The predicted octanol–water partition coefficient (Wildman–Crippen LogP) is 2.33. The Kier molecular flexibility index (Phi) is 2.57. The summed E-state index contributed by atoms with van der Waals surface area (Å²) >= 11 is 0. The summed E-state index contributed by atoms with van der Waals surface area (Å²) in [6.45, 7) is 0. The highest BCUT2D eigenvalue weighted by molar-refractivity contribution is 5.96. The average molecular weight is 363 g/mol. The number of H-pyrrole nitrogens is 1. The number of aromatic amines is 1. The maximum atomic E-state index is 13.1. The van der Waals surface area contributed by atoms with E-state index in [1.54, 1.807) is 0 Å². The predicted molar refractivity (Wildman–Crippen MR) is 91.9 cm³/mol. The number of nitrogens with zero attached hydrogens (tertiary/aromatic N) is 3. The van der Waals surface area contributed by atoms with Gasteiger partial charge in [0.15, 0.2) is 0 Å². The van der Waals surface area contributed by atoms with Crippen LogP contribution in [0.15, 0.2) is 24.7 Å². The van der Waals surface area contributed by atoms with Crippen molar-refractivity contribution in [2.45, 2.75) is 12.6 Å². The first-order valence-electron chi connectivity index (χ1n) is 10.6. The number of nitrogens with one attached hydrogen (secondary N) is 2. The van der Waals surface area contributed by atoms with Crippen molar-refractivity contribution in [1.29, 1.82) is 0 Å². The Hall–Kier alpha value is -3.23. The van der Waals surface area contributed by atoms with E-state index in [-0.39, 0.29) is 23.5 Å². The van der Waals surface area contributed by atoms with E-state index in [2.05, 4.69) is 25.3 Å². The average Bonchev–Trinajstić information content (AvgIpc) is 3.23. The molecule has 3 aromatic rings. The monoisotopic (exact) mass is 363 g/mol. The van der Waals surface area contributed by atoms with Crippen LogP contribution in [-0.4, -0.2) is 46.1 Å². The number of carbonyl (C=O) groups is 1. The van der Waals surface area contributed by atoms with Gasteiger partial charge in [0.05, 0.1) is 45.6 Å². The quantitative estimate of drug-likeness (QED) is 0.721. The van der Waals surface area contributed by atoms with E-state index in [0.717, 1.165) is 6.33 Å². The zero-order chi connectivity index (χ0) is 23.3. The van der Waals surface area contributed by atoms with Crippen LogP contribution in [0.25, 0.3) is 22.2 Å². The van der Waals surface area contributed by atoms with Crippen LogP contribution in [0, 0.1) is 5.92 Å². The van der Waals surface area contributed by atoms with Crippen molar-refractivity contribution >= 4 is 22.6 Å². The number of fused-ring (bicyclic) bond motifs is 1. The van der Waals surface area contributed by atoms with Crippen molar-refractivity contribution in [2.24, 2.45) is 5.92 Å². The molecule has 0 bridgehead atoms. The Morgan fingerprint density at radius 1 is 1.31 bits per heavy atom. The van der Waals surface area contributed by atoms with Gasteiger partial charge in [0.1, 0.15) is 23.9 Å². The Bertz CT molecular complexity index is 1150. The molecule has 3 heterocycles. The molecule has 3 aromatic heterocycles. The van der Waals surface area contributed by atoms with Gasteiger partial charge in [0.2, 0.25) is 17.7 Å². The largest absolute Gasteiger partial charge is 0.480 e. The topological polar surface area (TPSA) is 102 Å². The van der Waals surface area contributed by atoms with Crippen molar-refractivity contribution in [1.82, 2.24) is 19.9 Å². The van der Waals surface area contributed by atoms with Gasteiger partial charge in [-0.25, -0.2) is 19.3 Å². The molecule has 4 rings (SSSR count). The van der Waals surface area contributed by atoms with Gasteiger partial charge in [-0.3, -0.25) is 4.79 Å². The van der Waals surface area contributed by atoms with Gasteiger partial charge in [-0.05, 0) is 18.6 Å². The lowest BCUT2D eigenvalue weighted by atomic mass is 10.2. The number of aromatic nitrogens is 4. The third-order valence-electron chi connectivity index (χ3n) is 4.05. The molecular weight excluding hydrogens is 341 g/mol. The van der Waals surface area contributed by atoms with Crippen LogP contribution in [-0.2, 0) is 4.79 Å². The van der Waals surface area contributed by atoms with Crippen LogP contribution < -0.4 is 14.8 Å². The molecule has 0 aliphatic heterocycles. The van der Waals surface area contributed by atoms with Crippen molar-refractivity contribution in [3.8, 4) is 23.0 Å². The number of halogens is 1. The molecule has 0 radical (unpaired) electrons. The molecule has 1 aliphatic rings. The smallest absolute Gasteiger partial charge is 0.231 e. The summed E-state index contributed by atoms with van der Waals surface area (Å²) in [6, 6.07) is 3.04. The lowest BCUT2D eigenvalue weighted by Crippen LogP contribution is -2.15. The zero-order valence-electron chi connectivity index (χ0n) is 19.1. The number of amides is 1. The molecule has 1 amide bonds. The summed E-state index contributed by atoms with van der Waals surface area (Å²) in [6.07, 6.45) is 1.34. The molecule has 0 aromatic carbocycles. The minimum atomic E-state index is -2.87. The molecule has 2 atom stereocenters. The molecule has 0 spiro atoms. The standard InChI is InChI=1S/C17H16FN5O3/c1-25-16-14(17(26-2)21-7-20-16)11-3-8-4-13(19-6-12(8)22-11)23-15(24)9-5-10(9)18/h3-4,6-7,9-10,22H,5H2,1-2H3,(H,19,23,24)/t9-,10+/m1/s1/i1D3,2D3. The number of anilines is 1. The van der Waals surface area contributed by atoms with E-state index in [4.69, 9.17) is 17.7 Å². The van der Waals surface area contributed by atoms with Crippen LogP contribution in [0.5, 0.6) is 11.8 Å². The summed E-state index contributed by atoms with van der Waals surface area (Å²) in [7, 11) is -5.75. The van der Waals surface area contributed by atoms with E-state index < -0.39 is 43.8 Å². The minimum absolute atomic E-state index is 0.125. The number of alkyl halides is 1. The summed E-state index contributed by atoms with van der Waals surface area (Å²) < 4.78 is 67.0. The van der Waals surface area contributed by atoms with Gasteiger partial charge < -0.3 is 19.8 Å². The zero-order valence-corrected chi connectivity index (χ0v) is 13.1. The second-order valence-electron chi connectivity index (χ2n) is 5.75. The first-order chi connectivity index (χ1) is 14.9. The van der Waals surface area contributed by atoms with E-state index >= 15 is 0 Å². The Morgan fingerprint density at radius 2 is 2.04 bits per heavy atom. The van der Waals surface area contributed by atoms with Gasteiger partial charge in [0.25, 0.3) is 0 Å². The van der Waals surface area contributed by atoms with E-state index in [1.807, 2.05) is 0 Å². The Balaban J connectivity index is 1.74. The normalized spacial score (nSPS) is 23.0. The lowest BCUT2D eigenvalue weighted by Gasteiger charge is -2.08. The molecule has 9 heteroatoms. The molecule has 134 valence electrons. The van der Waals surface area contributed by atoms with Crippen molar-refractivity contribution in [2.75, 3.05) is 19.4 Å². The van der Waals surface area contributed by atoms with E-state index in [0.29, 0.717) is 10.9 Å². The van der Waals surface area contributed by atoms with Crippen LogP contribution in [0.3, 0.4) is 0 Å². The molecule has 1 fully saturated rings. The third kappa shape index (κ3) is 2.81. The van der Waals surface area contributed by atoms with Crippen molar-refractivity contribution in [3.63, 3.8) is 0 Å². The summed E-state index contributed by atoms with van der Waals surface area (Å²) in [5, 5.41) is 3.06. The third-order valence-corrected chi connectivity index (χ3v) is 4.05. The Labute approximate surface area is 156 Å². The molecule has 0 unspecified atom stereocenters. The Morgan fingerprint density at radius 3 is 2.69 bits per heavy atom. The molecule has 0 saturated heterocycles. The van der Waals surface area contributed by atoms with Crippen LogP contribution >= 0.6 is 0 Å². The summed E-state index contributed by atoms with van der Waals surface area (Å²) in [5.41, 5.74) is 0.534. The number of carbonyl (C=O) groups excluding carboxylic acids is 1. The first-order valence-corrected chi connectivity index (χ1v) is 7.57. The maximum absolute atomic E-state index is 13.1. The number of ether oxygens (including phenoxy) is 2. The fourth-order valence-corrected chi connectivity index (χ4v) is 2.63. The fourth-order valence-electron chi connectivity index (χ4n) is 2.63. The summed E-state index contributed by atoms with van der Waals surface area (Å²) in [5.74, 6) is -1.81. The number of hydrogen-bond donors (Lipinski definition) is 2. The molecular formula is C17H16FN5O3. The number of hydrogen-bond acceptors (Lipinski definition) is 6. The van der Waals surface area contributed by atoms with Gasteiger partial charge in [-0.2, -0.15) is 0 Å². The molecule has 26 heavy (non-hydrogen) atoms. The van der Waals surface area contributed by atoms with Crippen LogP contribution in [0.1, 0.15) is 14.6 Å². The lowest BCUT2D eigenvalue weighted by molar-refractivity contribution is -0.117. The molecule has 8 nitrogen and oxygen atoms in total. The number of rotatable bonds is 5. The van der Waals surface area contributed by atoms with Gasteiger partial charge >= 0.3 is 0 Å². The number of pyridine rings is 1. The summed E-state index contributed by atoms with van der Waals surface area (Å²) in [4.78, 5) is 26.6. The molecule has 2 N–H and O–H groups in total. The second kappa shape index (κ2) is 6.25. The van der Waals surface area contributed by atoms with Gasteiger partial charge in [-0.1, -0.05) is 0 Å². The van der Waals surface area contributed by atoms with E-state index in [1.165, 1.54) is 18.3 Å². The SMILES string of the molecule is [2H]C([2H])([2H])Oc1ncnc(OC([2H])([2H])[2H])c1-c1cc2cc(NC(=O)[C@@H]3C[C@@H]3F)ncc2[nH]1. The first kappa shape index (κ1) is 10.7. The fraction of sp³-hybridized carbons (Fsp3) is 0.294. The maximum Gasteiger partial charge on any atom is 0.231 e. The molecule has 1 saturated carbocycles. The highest BCUT2D eigenvalue weighted by Gasteiger charge is 2.43. The number of methoxy groups -OCH3 is 2. The second-order valence-corrected chi connectivity index (χ2v) is 5.75. The highest BCUT2D eigenvalue weighted by Crippen LogP contribution is 2.37. The van der Waals surface area contributed by atoms with Crippen LogP contribution in [0.2, 0.25) is 0 Å². The van der Waals surface area contributed by atoms with Crippen LogP contribution in [0.4, 0.5) is 10.2 Å². The molecule has 1 aliphatic carbocycles.